The molecule has 10 heteroatoms. The molecule has 0 aliphatic carbocycles. The zero-order chi connectivity index (χ0) is 21.0. The first-order chi connectivity index (χ1) is 13.8. The van der Waals surface area contributed by atoms with Gasteiger partial charge in [0.05, 0.1) is 18.1 Å². The summed E-state index contributed by atoms with van der Waals surface area (Å²) in [5.41, 5.74) is 0.664. The van der Waals surface area contributed by atoms with Crippen LogP contribution in [0.5, 0.6) is 5.75 Å². The number of nitrogens with zero attached hydrogens (tertiary/aromatic N) is 2. The molecule has 29 heavy (non-hydrogen) atoms. The van der Waals surface area contributed by atoms with Gasteiger partial charge in [0, 0.05) is 18.7 Å². The molecule has 2 aliphatic heterocycles. The third-order valence-electron chi connectivity index (χ3n) is 4.31. The third kappa shape index (κ3) is 5.29. The van der Waals surface area contributed by atoms with Gasteiger partial charge in [-0.3, -0.25) is 14.5 Å². The van der Waals surface area contributed by atoms with E-state index in [1.54, 1.807) is 29.2 Å². The summed E-state index contributed by atoms with van der Waals surface area (Å²) in [5, 5.41) is -0.492. The van der Waals surface area contributed by atoms with Crippen LogP contribution in [0.3, 0.4) is 0 Å². The Morgan fingerprint density at radius 1 is 1.24 bits per heavy atom. The standard InChI is InChI=1S/C19H19Cl3N2O4S/c1-2-9-28-14-6-4-3-5-13(14)12-15-16(25)24(18(26)29-15)17(19(20,21)22)23-7-10-27-11-8-23/h2-6,12,17H,1,7-11H2/b15-12+/t17-/m0/s1. The maximum absolute atomic E-state index is 13.1. The van der Waals surface area contributed by atoms with Crippen molar-refractivity contribution in [2.75, 3.05) is 32.9 Å². The predicted octanol–water partition coefficient (Wildman–Crippen LogP) is 4.32. The largest absolute Gasteiger partial charge is 0.489 e. The van der Waals surface area contributed by atoms with E-state index in [-0.39, 0.29) is 4.91 Å². The SMILES string of the molecule is C=CCOc1ccccc1/C=C1/SC(=O)N([C@H](N2CCOCC2)C(Cl)(Cl)Cl)C1=O. The first-order valence-electron chi connectivity index (χ1n) is 8.81. The van der Waals surface area contributed by atoms with Crippen molar-refractivity contribution >= 4 is 63.8 Å². The molecule has 0 bridgehead atoms. The molecule has 2 aliphatic rings. The second-order valence-corrected chi connectivity index (χ2v) is 9.61. The zero-order valence-corrected chi connectivity index (χ0v) is 18.4. The predicted molar refractivity (Wildman–Crippen MR) is 116 cm³/mol. The molecule has 0 unspecified atom stereocenters. The highest BCUT2D eigenvalue weighted by molar-refractivity contribution is 8.18. The normalized spacial score (nSPS) is 20.9. The van der Waals surface area contributed by atoms with Crippen LogP contribution in [0.4, 0.5) is 4.79 Å². The number of carbonyl (C=O) groups is 2. The van der Waals surface area contributed by atoms with E-state index in [4.69, 9.17) is 44.3 Å². The highest BCUT2D eigenvalue weighted by atomic mass is 35.6. The first kappa shape index (κ1) is 22.5. The van der Waals surface area contributed by atoms with Crippen LogP contribution in [0.1, 0.15) is 5.56 Å². The maximum Gasteiger partial charge on any atom is 0.295 e. The van der Waals surface area contributed by atoms with E-state index in [0.29, 0.717) is 44.2 Å². The number of morpholine rings is 1. The Morgan fingerprint density at radius 2 is 1.93 bits per heavy atom. The Balaban J connectivity index is 1.90. The summed E-state index contributed by atoms with van der Waals surface area (Å²) >= 11 is 19.3. The molecular formula is C19H19Cl3N2O4S. The maximum atomic E-state index is 13.1. The van der Waals surface area contributed by atoms with Crippen molar-refractivity contribution in [1.82, 2.24) is 9.80 Å². The second-order valence-electron chi connectivity index (χ2n) is 6.25. The summed E-state index contributed by atoms with van der Waals surface area (Å²) in [5.74, 6) is 0.0617. The fourth-order valence-electron chi connectivity index (χ4n) is 3.05. The van der Waals surface area contributed by atoms with Crippen LogP contribution in [0.2, 0.25) is 0 Å². The number of rotatable bonds is 6. The highest BCUT2D eigenvalue weighted by Crippen LogP contribution is 2.42. The highest BCUT2D eigenvalue weighted by Gasteiger charge is 2.50. The van der Waals surface area contributed by atoms with Gasteiger partial charge in [-0.05, 0) is 23.9 Å². The molecular weight excluding hydrogens is 459 g/mol. The summed E-state index contributed by atoms with van der Waals surface area (Å²) in [6.45, 7) is 5.68. The van der Waals surface area contributed by atoms with Gasteiger partial charge in [0.15, 0.2) is 0 Å². The molecule has 0 aromatic heterocycles. The monoisotopic (exact) mass is 476 g/mol. The summed E-state index contributed by atoms with van der Waals surface area (Å²) in [6.07, 6.45) is 2.21. The van der Waals surface area contributed by atoms with E-state index in [1.807, 2.05) is 12.1 Å². The summed E-state index contributed by atoms with van der Waals surface area (Å²) < 4.78 is 9.07. The number of hydrogen-bond acceptors (Lipinski definition) is 6. The molecule has 1 aromatic carbocycles. The lowest BCUT2D eigenvalue weighted by Crippen LogP contribution is -2.59. The topological polar surface area (TPSA) is 59.1 Å². The second kappa shape index (κ2) is 9.73. The van der Waals surface area contributed by atoms with Gasteiger partial charge in [-0.1, -0.05) is 65.7 Å². The zero-order valence-electron chi connectivity index (χ0n) is 15.4. The van der Waals surface area contributed by atoms with Crippen molar-refractivity contribution in [3.8, 4) is 5.75 Å². The number of carbonyl (C=O) groups excluding carboxylic acids is 2. The van der Waals surface area contributed by atoms with Crippen LogP contribution in [0.25, 0.3) is 6.08 Å². The number of thioether (sulfide) groups is 1. The van der Waals surface area contributed by atoms with Crippen LogP contribution in [0, 0.1) is 0 Å². The molecule has 1 atom stereocenters. The van der Waals surface area contributed by atoms with Gasteiger partial charge in [0.25, 0.3) is 11.1 Å². The van der Waals surface area contributed by atoms with Crippen LogP contribution in [-0.2, 0) is 9.53 Å². The van der Waals surface area contributed by atoms with Crippen LogP contribution in [-0.4, -0.2) is 63.8 Å². The number of alkyl halides is 3. The minimum Gasteiger partial charge on any atom is -0.489 e. The number of amides is 2. The lowest BCUT2D eigenvalue weighted by atomic mass is 10.2. The van der Waals surface area contributed by atoms with Gasteiger partial charge in [-0.25, -0.2) is 4.90 Å². The summed E-state index contributed by atoms with van der Waals surface area (Å²) in [7, 11) is 0. The van der Waals surface area contributed by atoms with Crippen molar-refractivity contribution in [3.63, 3.8) is 0 Å². The van der Waals surface area contributed by atoms with Gasteiger partial charge in [0.2, 0.25) is 3.79 Å². The number of hydrogen-bond donors (Lipinski definition) is 0. The molecule has 2 saturated heterocycles. The molecule has 2 amide bonds. The van der Waals surface area contributed by atoms with E-state index in [1.165, 1.54) is 0 Å². The molecule has 2 fully saturated rings. The number of halogens is 3. The van der Waals surface area contributed by atoms with E-state index < -0.39 is 21.1 Å². The quantitative estimate of drug-likeness (QED) is 0.346. The fraction of sp³-hybridized carbons (Fsp3) is 0.368. The minimum atomic E-state index is -1.87. The average molecular weight is 478 g/mol. The fourth-order valence-corrected chi connectivity index (χ4v) is 4.60. The number of benzene rings is 1. The Bertz CT molecular complexity index is 822. The molecule has 0 radical (unpaired) electrons. The van der Waals surface area contributed by atoms with Crippen molar-refractivity contribution in [1.29, 1.82) is 0 Å². The Kier molecular flexibility index (Phi) is 7.53. The van der Waals surface area contributed by atoms with Gasteiger partial charge in [-0.2, -0.15) is 0 Å². The van der Waals surface area contributed by atoms with E-state index in [2.05, 4.69) is 6.58 Å². The Hall–Kier alpha value is -1.22. The molecule has 0 spiro atoms. The smallest absolute Gasteiger partial charge is 0.295 e. The Labute approximate surface area is 188 Å². The number of para-hydroxylation sites is 1. The van der Waals surface area contributed by atoms with Crippen molar-refractivity contribution in [2.24, 2.45) is 0 Å². The van der Waals surface area contributed by atoms with Crippen LogP contribution < -0.4 is 4.74 Å². The Morgan fingerprint density at radius 3 is 2.59 bits per heavy atom. The number of imide groups is 1. The molecule has 0 N–H and O–H groups in total. The molecule has 6 nitrogen and oxygen atoms in total. The van der Waals surface area contributed by atoms with Crippen molar-refractivity contribution in [3.05, 3.63) is 47.4 Å². The average Bonchev–Trinajstić information content (AvgIpc) is 2.95. The van der Waals surface area contributed by atoms with E-state index in [0.717, 1.165) is 16.7 Å². The van der Waals surface area contributed by atoms with Gasteiger partial charge in [0.1, 0.15) is 18.5 Å². The summed E-state index contributed by atoms with van der Waals surface area (Å²) in [4.78, 5) is 28.8. The van der Waals surface area contributed by atoms with Gasteiger partial charge >= 0.3 is 0 Å². The number of ether oxygens (including phenoxy) is 2. The first-order valence-corrected chi connectivity index (χ1v) is 10.8. The molecule has 3 rings (SSSR count). The lowest BCUT2D eigenvalue weighted by molar-refractivity contribution is -0.128. The van der Waals surface area contributed by atoms with E-state index >= 15 is 0 Å². The van der Waals surface area contributed by atoms with Crippen LogP contribution in [0.15, 0.2) is 41.8 Å². The van der Waals surface area contributed by atoms with Gasteiger partial charge < -0.3 is 9.47 Å². The van der Waals surface area contributed by atoms with E-state index in [9.17, 15) is 9.59 Å². The molecule has 2 heterocycles. The minimum absolute atomic E-state index is 0.233. The lowest BCUT2D eigenvalue weighted by Gasteiger charge is -2.41. The van der Waals surface area contributed by atoms with Crippen LogP contribution >= 0.6 is 46.6 Å². The summed E-state index contributed by atoms with van der Waals surface area (Å²) in [6, 6.07) is 7.20. The molecule has 156 valence electrons. The molecule has 0 saturated carbocycles. The molecule has 1 aromatic rings. The third-order valence-corrected chi connectivity index (χ3v) is 5.78. The van der Waals surface area contributed by atoms with Gasteiger partial charge in [-0.15, -0.1) is 0 Å². The van der Waals surface area contributed by atoms with Crippen molar-refractivity contribution < 1.29 is 19.1 Å². The van der Waals surface area contributed by atoms with Crippen molar-refractivity contribution in [2.45, 2.75) is 9.96 Å².